The van der Waals surface area contributed by atoms with Gasteiger partial charge in [0.25, 0.3) is 5.56 Å². The molecule has 1 N–H and O–H groups in total. The minimum Gasteiger partial charge on any atom is -0.299 e. The standard InChI is InChI=1S/C15H17N3O2/c1-18-15(20)12(13(17-18)10-5-2-3-6-10)14(19)11-7-4-8-16-9-11/h4,7-10,17H,2-3,5-6H2,1H3. The lowest BCUT2D eigenvalue weighted by atomic mass is 9.96. The molecule has 0 unspecified atom stereocenters. The molecule has 0 saturated heterocycles. The number of pyridine rings is 1. The van der Waals surface area contributed by atoms with Crippen molar-refractivity contribution in [3.8, 4) is 0 Å². The largest absolute Gasteiger partial charge is 0.299 e. The van der Waals surface area contributed by atoms with Gasteiger partial charge in [0, 0.05) is 30.9 Å². The monoisotopic (exact) mass is 271 g/mol. The molecule has 20 heavy (non-hydrogen) atoms. The van der Waals surface area contributed by atoms with Gasteiger partial charge in [-0.25, -0.2) is 0 Å². The number of aryl methyl sites for hydroxylation is 1. The van der Waals surface area contributed by atoms with Gasteiger partial charge in [0.15, 0.2) is 0 Å². The molecule has 0 aliphatic heterocycles. The Morgan fingerprint density at radius 3 is 2.80 bits per heavy atom. The molecule has 0 atom stereocenters. The zero-order valence-corrected chi connectivity index (χ0v) is 11.4. The van der Waals surface area contributed by atoms with E-state index in [2.05, 4.69) is 10.1 Å². The lowest BCUT2D eigenvalue weighted by Gasteiger charge is -2.08. The first-order chi connectivity index (χ1) is 9.68. The van der Waals surface area contributed by atoms with Crippen LogP contribution >= 0.6 is 0 Å². The van der Waals surface area contributed by atoms with Crippen LogP contribution in [-0.4, -0.2) is 20.5 Å². The normalized spacial score (nSPS) is 15.7. The first-order valence-electron chi connectivity index (χ1n) is 6.92. The third-order valence-electron chi connectivity index (χ3n) is 3.99. The van der Waals surface area contributed by atoms with Crippen LogP contribution in [0.2, 0.25) is 0 Å². The Labute approximate surface area is 116 Å². The zero-order valence-electron chi connectivity index (χ0n) is 11.4. The fourth-order valence-corrected chi connectivity index (χ4v) is 2.94. The number of hydrogen-bond donors (Lipinski definition) is 1. The highest BCUT2D eigenvalue weighted by Crippen LogP contribution is 2.34. The van der Waals surface area contributed by atoms with E-state index in [0.717, 1.165) is 31.4 Å². The molecule has 1 saturated carbocycles. The SMILES string of the molecule is Cn1[nH]c(C2CCCC2)c(C(=O)c2cccnc2)c1=O. The summed E-state index contributed by atoms with van der Waals surface area (Å²) in [6.45, 7) is 0. The van der Waals surface area contributed by atoms with Crippen molar-refractivity contribution in [2.24, 2.45) is 7.05 Å². The van der Waals surface area contributed by atoms with Gasteiger partial charge in [-0.3, -0.25) is 24.4 Å². The maximum absolute atomic E-state index is 12.6. The lowest BCUT2D eigenvalue weighted by Crippen LogP contribution is -2.20. The molecule has 5 heteroatoms. The summed E-state index contributed by atoms with van der Waals surface area (Å²) >= 11 is 0. The predicted octanol–water partition coefficient (Wildman–Crippen LogP) is 2.00. The Kier molecular flexibility index (Phi) is 3.26. The number of carbonyl (C=O) groups is 1. The number of nitrogens with zero attached hydrogens (tertiary/aromatic N) is 2. The number of ketones is 1. The van der Waals surface area contributed by atoms with E-state index in [0.29, 0.717) is 11.5 Å². The Bertz CT molecular complexity index is 679. The second-order valence-electron chi connectivity index (χ2n) is 5.32. The number of hydrogen-bond acceptors (Lipinski definition) is 3. The minimum atomic E-state index is -0.249. The van der Waals surface area contributed by atoms with Crippen molar-refractivity contribution in [2.75, 3.05) is 0 Å². The molecule has 0 amide bonds. The topological polar surface area (TPSA) is 67.8 Å². The molecule has 2 heterocycles. The van der Waals surface area contributed by atoms with Gasteiger partial charge in [-0.2, -0.15) is 0 Å². The first kappa shape index (κ1) is 12.8. The van der Waals surface area contributed by atoms with Gasteiger partial charge in [-0.15, -0.1) is 0 Å². The van der Waals surface area contributed by atoms with Gasteiger partial charge in [-0.1, -0.05) is 12.8 Å². The Balaban J connectivity index is 2.08. The van der Waals surface area contributed by atoms with Gasteiger partial charge in [0.1, 0.15) is 5.56 Å². The molecule has 1 aliphatic carbocycles. The summed E-state index contributed by atoms with van der Waals surface area (Å²) in [4.78, 5) is 28.8. The predicted molar refractivity (Wildman–Crippen MR) is 74.9 cm³/mol. The molecule has 0 spiro atoms. The van der Waals surface area contributed by atoms with Crippen molar-refractivity contribution in [3.05, 3.63) is 51.7 Å². The molecule has 1 aliphatic rings. The molecular weight excluding hydrogens is 254 g/mol. The smallest absolute Gasteiger partial charge is 0.277 e. The van der Waals surface area contributed by atoms with E-state index in [9.17, 15) is 9.59 Å². The summed E-state index contributed by atoms with van der Waals surface area (Å²) in [6, 6.07) is 3.40. The van der Waals surface area contributed by atoms with Crippen molar-refractivity contribution < 1.29 is 4.79 Å². The summed E-state index contributed by atoms with van der Waals surface area (Å²) in [5.41, 5.74) is 1.29. The summed E-state index contributed by atoms with van der Waals surface area (Å²) in [7, 11) is 1.65. The van der Waals surface area contributed by atoms with E-state index < -0.39 is 0 Å². The van der Waals surface area contributed by atoms with Crippen LogP contribution in [0.15, 0.2) is 29.3 Å². The van der Waals surface area contributed by atoms with Crippen LogP contribution < -0.4 is 5.56 Å². The number of aromatic amines is 1. The van der Waals surface area contributed by atoms with Crippen LogP contribution in [0.4, 0.5) is 0 Å². The molecule has 2 aromatic rings. The summed E-state index contributed by atoms with van der Waals surface area (Å²) < 4.78 is 1.40. The molecule has 5 nitrogen and oxygen atoms in total. The van der Waals surface area contributed by atoms with Crippen molar-refractivity contribution in [3.63, 3.8) is 0 Å². The van der Waals surface area contributed by atoms with Gasteiger partial charge in [-0.05, 0) is 25.0 Å². The summed E-state index contributed by atoms with van der Waals surface area (Å²) in [5, 5.41) is 3.07. The van der Waals surface area contributed by atoms with Crippen molar-refractivity contribution >= 4 is 5.78 Å². The highest BCUT2D eigenvalue weighted by Gasteiger charge is 2.28. The fourth-order valence-electron chi connectivity index (χ4n) is 2.94. The van der Waals surface area contributed by atoms with Gasteiger partial charge >= 0.3 is 0 Å². The maximum atomic E-state index is 12.6. The van der Waals surface area contributed by atoms with Crippen LogP contribution in [0.5, 0.6) is 0 Å². The van der Waals surface area contributed by atoms with Crippen molar-refractivity contribution in [1.82, 2.24) is 14.8 Å². The van der Waals surface area contributed by atoms with Crippen molar-refractivity contribution in [2.45, 2.75) is 31.6 Å². The molecule has 0 aromatic carbocycles. The third-order valence-corrected chi connectivity index (χ3v) is 3.99. The molecule has 0 bridgehead atoms. The summed E-state index contributed by atoms with van der Waals surface area (Å²) in [6.07, 6.45) is 7.50. The third kappa shape index (κ3) is 2.09. The van der Waals surface area contributed by atoms with E-state index in [1.807, 2.05) is 0 Å². The van der Waals surface area contributed by atoms with Crippen LogP contribution in [0, 0.1) is 0 Å². The van der Waals surface area contributed by atoms with E-state index in [1.165, 1.54) is 10.9 Å². The lowest BCUT2D eigenvalue weighted by molar-refractivity contribution is 0.103. The van der Waals surface area contributed by atoms with Gasteiger partial charge in [0.05, 0.1) is 5.69 Å². The Hall–Kier alpha value is -2.17. The summed E-state index contributed by atoms with van der Waals surface area (Å²) in [5.74, 6) is 0.0568. The Morgan fingerprint density at radius 2 is 2.15 bits per heavy atom. The van der Waals surface area contributed by atoms with Gasteiger partial charge < -0.3 is 0 Å². The van der Waals surface area contributed by atoms with Crippen LogP contribution in [0.25, 0.3) is 0 Å². The quantitative estimate of drug-likeness (QED) is 0.868. The maximum Gasteiger partial charge on any atom is 0.277 e. The average Bonchev–Trinajstić information content (AvgIpc) is 3.09. The molecule has 0 radical (unpaired) electrons. The number of aromatic nitrogens is 3. The first-order valence-corrected chi connectivity index (χ1v) is 6.92. The fraction of sp³-hybridized carbons (Fsp3) is 0.400. The van der Waals surface area contributed by atoms with Crippen LogP contribution in [-0.2, 0) is 7.05 Å². The minimum absolute atomic E-state index is 0.234. The van der Waals surface area contributed by atoms with Gasteiger partial charge in [0.2, 0.25) is 5.78 Å². The van der Waals surface area contributed by atoms with E-state index >= 15 is 0 Å². The molecule has 104 valence electrons. The molecule has 2 aromatic heterocycles. The van der Waals surface area contributed by atoms with E-state index in [1.54, 1.807) is 25.4 Å². The number of nitrogens with one attached hydrogen (secondary N) is 1. The van der Waals surface area contributed by atoms with E-state index in [-0.39, 0.29) is 16.9 Å². The molecule has 1 fully saturated rings. The Morgan fingerprint density at radius 1 is 1.40 bits per heavy atom. The number of rotatable bonds is 3. The van der Waals surface area contributed by atoms with Crippen LogP contribution in [0.1, 0.15) is 53.2 Å². The second-order valence-corrected chi connectivity index (χ2v) is 5.32. The molecule has 3 rings (SSSR count). The highest BCUT2D eigenvalue weighted by atomic mass is 16.2. The van der Waals surface area contributed by atoms with E-state index in [4.69, 9.17) is 0 Å². The second kappa shape index (κ2) is 5.07. The number of H-pyrrole nitrogens is 1. The average molecular weight is 271 g/mol. The highest BCUT2D eigenvalue weighted by molar-refractivity contribution is 6.09. The molecular formula is C15H17N3O2. The van der Waals surface area contributed by atoms with Crippen molar-refractivity contribution in [1.29, 1.82) is 0 Å². The number of carbonyl (C=O) groups excluding carboxylic acids is 1. The zero-order chi connectivity index (χ0) is 14.1. The van der Waals surface area contributed by atoms with Crippen LogP contribution in [0.3, 0.4) is 0 Å².